The molecule has 152 valence electrons. The van der Waals surface area contributed by atoms with Gasteiger partial charge >= 0.3 is 0 Å². The highest BCUT2D eigenvalue weighted by Gasteiger charge is 2.06. The van der Waals surface area contributed by atoms with Crippen LogP contribution in [0.5, 0.6) is 0 Å². The largest absolute Gasteiger partial charge is 0.382 e. The number of carbonyl (C=O) groups is 1. The van der Waals surface area contributed by atoms with Crippen LogP contribution in [-0.4, -0.2) is 58.4 Å². The van der Waals surface area contributed by atoms with Gasteiger partial charge in [-0.1, -0.05) is 22.0 Å². The van der Waals surface area contributed by atoms with Crippen molar-refractivity contribution >= 4 is 33.5 Å². The predicted molar refractivity (Wildman–Crippen MR) is 113 cm³/mol. The van der Waals surface area contributed by atoms with Gasteiger partial charge in [-0.15, -0.1) is 0 Å². The van der Waals surface area contributed by atoms with Crippen LogP contribution in [0, 0.1) is 6.92 Å². The number of hydrogen-bond donors (Lipinski definition) is 3. The molecule has 0 aliphatic rings. The molecule has 3 N–H and O–H groups in total. The number of nitrogens with zero attached hydrogens (tertiary/aromatic N) is 1. The minimum absolute atomic E-state index is 0.0360. The van der Waals surface area contributed by atoms with Gasteiger partial charge in [-0.2, -0.15) is 0 Å². The number of methoxy groups -OCH3 is 1. The topological polar surface area (TPSA) is 84.0 Å². The van der Waals surface area contributed by atoms with Gasteiger partial charge < -0.3 is 25.4 Å². The van der Waals surface area contributed by atoms with E-state index in [1.165, 1.54) is 0 Å². The Bertz CT molecular complexity index is 596. The van der Waals surface area contributed by atoms with E-state index in [2.05, 4.69) is 36.9 Å². The van der Waals surface area contributed by atoms with Crippen molar-refractivity contribution in [1.82, 2.24) is 10.6 Å². The number of benzene rings is 1. The first-order chi connectivity index (χ1) is 13.1. The Hall–Kier alpha value is -1.64. The lowest BCUT2D eigenvalue weighted by atomic mass is 10.2. The number of anilines is 1. The van der Waals surface area contributed by atoms with Gasteiger partial charge in [0.2, 0.25) is 5.91 Å². The van der Waals surface area contributed by atoms with Crippen molar-refractivity contribution in [2.24, 2.45) is 4.99 Å². The van der Waals surface area contributed by atoms with E-state index < -0.39 is 0 Å². The van der Waals surface area contributed by atoms with Crippen molar-refractivity contribution in [3.05, 3.63) is 28.2 Å². The number of amides is 1. The van der Waals surface area contributed by atoms with Crippen molar-refractivity contribution in [3.63, 3.8) is 0 Å². The summed E-state index contributed by atoms with van der Waals surface area (Å²) < 4.78 is 11.3. The highest BCUT2D eigenvalue weighted by Crippen LogP contribution is 2.20. The minimum atomic E-state index is -0.0360. The van der Waals surface area contributed by atoms with Gasteiger partial charge in [-0.05, 0) is 38.0 Å². The van der Waals surface area contributed by atoms with Gasteiger partial charge in [0.1, 0.15) is 0 Å². The highest BCUT2D eigenvalue weighted by atomic mass is 79.9. The number of ether oxygens (including phenoxy) is 2. The number of nitrogens with one attached hydrogen (secondary N) is 3. The number of carbonyl (C=O) groups excluding carboxylic acids is 1. The Morgan fingerprint density at radius 3 is 2.78 bits per heavy atom. The Labute approximate surface area is 170 Å². The van der Waals surface area contributed by atoms with Crippen LogP contribution >= 0.6 is 15.9 Å². The van der Waals surface area contributed by atoms with Crippen LogP contribution in [0.15, 0.2) is 27.7 Å². The molecule has 0 bridgehead atoms. The second-order valence-corrected chi connectivity index (χ2v) is 6.82. The number of halogens is 1. The summed E-state index contributed by atoms with van der Waals surface area (Å²) in [5.41, 5.74) is 1.85. The third kappa shape index (κ3) is 10.9. The maximum Gasteiger partial charge on any atom is 0.226 e. The van der Waals surface area contributed by atoms with Gasteiger partial charge in [-0.3, -0.25) is 9.79 Å². The normalized spacial score (nSPS) is 11.3. The molecule has 0 atom stereocenters. The summed E-state index contributed by atoms with van der Waals surface area (Å²) >= 11 is 3.42. The van der Waals surface area contributed by atoms with Crippen molar-refractivity contribution in [1.29, 1.82) is 0 Å². The summed E-state index contributed by atoms with van der Waals surface area (Å²) in [5, 5.41) is 9.29. The summed E-state index contributed by atoms with van der Waals surface area (Å²) in [6.45, 7) is 7.77. The average Bonchev–Trinajstić information content (AvgIpc) is 2.64. The first-order valence-corrected chi connectivity index (χ1v) is 10.0. The van der Waals surface area contributed by atoms with E-state index in [4.69, 9.17) is 9.47 Å². The third-order valence-electron chi connectivity index (χ3n) is 3.61. The lowest BCUT2D eigenvalue weighted by Crippen LogP contribution is -2.38. The van der Waals surface area contributed by atoms with Gasteiger partial charge in [0, 0.05) is 49.9 Å². The fourth-order valence-electron chi connectivity index (χ4n) is 2.18. The Morgan fingerprint density at radius 2 is 2.04 bits per heavy atom. The standard InChI is InChI=1S/C19H31BrN4O3/c1-4-21-19(22-9-5-11-27-13-12-26-3)23-10-8-18(25)24-17-14-16(20)7-6-15(17)2/h6-7,14H,4-5,8-13H2,1-3H3,(H,24,25)(H2,21,22,23). The van der Waals surface area contributed by atoms with E-state index in [1.54, 1.807) is 7.11 Å². The van der Waals surface area contributed by atoms with Gasteiger partial charge in [0.05, 0.1) is 13.2 Å². The SMILES string of the molecule is CCNC(=NCCCOCCOC)NCCC(=O)Nc1cc(Br)ccc1C. The molecule has 1 aromatic rings. The zero-order valence-electron chi connectivity index (χ0n) is 16.4. The first-order valence-electron chi connectivity index (χ1n) is 9.21. The van der Waals surface area contributed by atoms with E-state index in [0.29, 0.717) is 45.3 Å². The molecule has 0 saturated carbocycles. The van der Waals surface area contributed by atoms with E-state index >= 15 is 0 Å². The minimum Gasteiger partial charge on any atom is -0.382 e. The molecule has 0 fully saturated rings. The van der Waals surface area contributed by atoms with E-state index in [-0.39, 0.29) is 5.91 Å². The molecule has 0 radical (unpaired) electrons. The first kappa shape index (κ1) is 23.4. The monoisotopic (exact) mass is 442 g/mol. The molecule has 0 spiro atoms. The van der Waals surface area contributed by atoms with Crippen molar-refractivity contribution in [2.45, 2.75) is 26.7 Å². The molecule has 8 heteroatoms. The summed E-state index contributed by atoms with van der Waals surface area (Å²) in [5.74, 6) is 0.673. The van der Waals surface area contributed by atoms with Crippen molar-refractivity contribution in [3.8, 4) is 0 Å². The second kappa shape index (κ2) is 14.4. The molecule has 0 aromatic heterocycles. The quantitative estimate of drug-likeness (QED) is 0.263. The molecule has 7 nitrogen and oxygen atoms in total. The fourth-order valence-corrected chi connectivity index (χ4v) is 2.54. The maximum atomic E-state index is 12.1. The molecule has 1 amide bonds. The zero-order valence-corrected chi connectivity index (χ0v) is 18.0. The van der Waals surface area contributed by atoms with Crippen LogP contribution in [0.1, 0.15) is 25.3 Å². The molecule has 0 saturated heterocycles. The molecule has 1 aromatic carbocycles. The molecule has 27 heavy (non-hydrogen) atoms. The summed E-state index contributed by atoms with van der Waals surface area (Å²) in [6, 6.07) is 5.82. The smallest absolute Gasteiger partial charge is 0.226 e. The lowest BCUT2D eigenvalue weighted by molar-refractivity contribution is -0.116. The van der Waals surface area contributed by atoms with Crippen molar-refractivity contribution < 1.29 is 14.3 Å². The number of hydrogen-bond acceptors (Lipinski definition) is 4. The molecular weight excluding hydrogens is 412 g/mol. The van der Waals surface area contributed by atoms with Gasteiger partial charge in [0.15, 0.2) is 5.96 Å². The second-order valence-electron chi connectivity index (χ2n) is 5.90. The molecule has 0 unspecified atom stereocenters. The van der Waals surface area contributed by atoms with E-state index in [1.807, 2.05) is 32.0 Å². The zero-order chi connectivity index (χ0) is 19.9. The van der Waals surface area contributed by atoms with E-state index in [0.717, 1.165) is 28.7 Å². The Balaban J connectivity index is 2.31. The number of aryl methyl sites for hydroxylation is 1. The Morgan fingerprint density at radius 1 is 1.22 bits per heavy atom. The van der Waals surface area contributed by atoms with Crippen molar-refractivity contribution in [2.75, 3.05) is 51.9 Å². The van der Waals surface area contributed by atoms with Gasteiger partial charge in [-0.25, -0.2) is 0 Å². The lowest BCUT2D eigenvalue weighted by Gasteiger charge is -2.12. The van der Waals surface area contributed by atoms with Crippen LogP contribution < -0.4 is 16.0 Å². The molecular formula is C19H31BrN4O3. The highest BCUT2D eigenvalue weighted by molar-refractivity contribution is 9.10. The summed E-state index contributed by atoms with van der Waals surface area (Å²) in [4.78, 5) is 16.6. The van der Waals surface area contributed by atoms with Crippen LogP contribution in [0.2, 0.25) is 0 Å². The molecule has 0 aliphatic heterocycles. The predicted octanol–water partition coefficient (Wildman–Crippen LogP) is 2.69. The van der Waals surface area contributed by atoms with Gasteiger partial charge in [0.25, 0.3) is 0 Å². The summed E-state index contributed by atoms with van der Waals surface area (Å²) in [7, 11) is 1.66. The Kier molecular flexibility index (Phi) is 12.5. The average molecular weight is 443 g/mol. The third-order valence-corrected chi connectivity index (χ3v) is 4.10. The maximum absolute atomic E-state index is 12.1. The van der Waals surface area contributed by atoms with Crippen LogP contribution in [0.3, 0.4) is 0 Å². The molecule has 0 heterocycles. The molecule has 1 rings (SSSR count). The van der Waals surface area contributed by atoms with E-state index in [9.17, 15) is 4.79 Å². The fraction of sp³-hybridized carbons (Fsp3) is 0.579. The van der Waals surface area contributed by atoms with Crippen LogP contribution in [0.4, 0.5) is 5.69 Å². The van der Waals surface area contributed by atoms with Crippen LogP contribution in [-0.2, 0) is 14.3 Å². The summed E-state index contributed by atoms with van der Waals surface area (Å²) in [6.07, 6.45) is 1.19. The molecule has 0 aliphatic carbocycles. The number of rotatable bonds is 12. The number of aliphatic imine (C=N–C) groups is 1. The number of guanidine groups is 1. The van der Waals surface area contributed by atoms with Crippen LogP contribution in [0.25, 0.3) is 0 Å².